The maximum absolute atomic E-state index is 12.3. The van der Waals surface area contributed by atoms with Crippen LogP contribution in [0.3, 0.4) is 0 Å². The van der Waals surface area contributed by atoms with Crippen LogP contribution in [0, 0.1) is 0 Å². The van der Waals surface area contributed by atoms with Gasteiger partial charge in [-0.25, -0.2) is 0 Å². The molecule has 20 heavy (non-hydrogen) atoms. The van der Waals surface area contributed by atoms with Gasteiger partial charge in [0.15, 0.2) is 0 Å². The molecule has 1 amide bonds. The molecular weight excluding hydrogens is 340 g/mol. The molecule has 104 valence electrons. The molecule has 3 N–H and O–H groups in total. The van der Waals surface area contributed by atoms with Gasteiger partial charge < -0.3 is 11.1 Å². The highest BCUT2D eigenvalue weighted by molar-refractivity contribution is 9.10. The molecule has 3 nitrogen and oxygen atoms in total. The number of hydrogen-bond donors (Lipinski definition) is 2. The van der Waals surface area contributed by atoms with Crippen molar-refractivity contribution < 1.29 is 4.79 Å². The van der Waals surface area contributed by atoms with Crippen LogP contribution in [0.1, 0.15) is 28.9 Å². The molecule has 2 aromatic carbocycles. The van der Waals surface area contributed by atoms with Crippen molar-refractivity contribution in [3.8, 4) is 0 Å². The largest absolute Gasteiger partial charge is 0.398 e. The van der Waals surface area contributed by atoms with Crippen LogP contribution in [0.2, 0.25) is 5.02 Å². The monoisotopic (exact) mass is 352 g/mol. The van der Waals surface area contributed by atoms with Gasteiger partial charge in [-0.05, 0) is 36.8 Å². The standard InChI is InChI=1S/C15H14BrClN2O/c1-9(11-4-2-3-5-14(11)18)19-15(20)12-8-10(16)6-7-13(12)17/h2-9H,18H2,1H3,(H,19,20). The van der Waals surface area contributed by atoms with Gasteiger partial charge in [0, 0.05) is 10.2 Å². The molecule has 0 aliphatic rings. The number of anilines is 1. The van der Waals surface area contributed by atoms with Gasteiger partial charge in [-0.1, -0.05) is 45.7 Å². The molecule has 0 spiro atoms. The molecule has 0 aliphatic heterocycles. The van der Waals surface area contributed by atoms with Crippen molar-refractivity contribution in [1.29, 1.82) is 0 Å². The number of halogens is 2. The van der Waals surface area contributed by atoms with Crippen LogP contribution in [0.15, 0.2) is 46.9 Å². The number of hydrogen-bond acceptors (Lipinski definition) is 2. The van der Waals surface area contributed by atoms with Gasteiger partial charge in [0.05, 0.1) is 16.6 Å². The fraction of sp³-hybridized carbons (Fsp3) is 0.133. The highest BCUT2D eigenvalue weighted by Crippen LogP contribution is 2.23. The van der Waals surface area contributed by atoms with Crippen molar-refractivity contribution in [2.75, 3.05) is 5.73 Å². The number of rotatable bonds is 3. The zero-order valence-corrected chi connectivity index (χ0v) is 13.2. The van der Waals surface area contributed by atoms with E-state index in [9.17, 15) is 4.79 Å². The summed E-state index contributed by atoms with van der Waals surface area (Å²) < 4.78 is 0.805. The third-order valence-corrected chi connectivity index (χ3v) is 3.81. The summed E-state index contributed by atoms with van der Waals surface area (Å²) in [5, 5.41) is 3.31. The molecule has 2 rings (SSSR count). The minimum absolute atomic E-state index is 0.196. The van der Waals surface area contributed by atoms with Crippen molar-refractivity contribution in [3.05, 3.63) is 63.1 Å². The van der Waals surface area contributed by atoms with E-state index in [2.05, 4.69) is 21.2 Å². The Labute approximate surface area is 131 Å². The summed E-state index contributed by atoms with van der Waals surface area (Å²) in [6, 6.07) is 12.4. The molecule has 0 saturated heterocycles. The van der Waals surface area contributed by atoms with Crippen LogP contribution in [-0.4, -0.2) is 5.91 Å². The highest BCUT2D eigenvalue weighted by Gasteiger charge is 2.15. The summed E-state index contributed by atoms with van der Waals surface area (Å²) in [5.41, 5.74) is 7.87. The predicted octanol–water partition coefficient (Wildman–Crippen LogP) is 4.18. The van der Waals surface area contributed by atoms with E-state index in [4.69, 9.17) is 17.3 Å². The lowest BCUT2D eigenvalue weighted by molar-refractivity contribution is 0.0940. The average Bonchev–Trinajstić information content (AvgIpc) is 2.41. The second-order valence-corrected chi connectivity index (χ2v) is 5.77. The van der Waals surface area contributed by atoms with Gasteiger partial charge >= 0.3 is 0 Å². The van der Waals surface area contributed by atoms with E-state index in [0.717, 1.165) is 10.0 Å². The Kier molecular flexibility index (Phi) is 4.68. The topological polar surface area (TPSA) is 55.1 Å². The number of nitrogen functional groups attached to an aromatic ring is 1. The Balaban J connectivity index is 2.20. The van der Waals surface area contributed by atoms with E-state index in [1.54, 1.807) is 18.2 Å². The lowest BCUT2D eigenvalue weighted by atomic mass is 10.1. The molecule has 1 unspecified atom stereocenters. The van der Waals surface area contributed by atoms with E-state index in [-0.39, 0.29) is 11.9 Å². The molecular formula is C15H14BrClN2O. The minimum atomic E-state index is -0.230. The molecule has 0 aliphatic carbocycles. The Morgan fingerprint density at radius 1 is 1.30 bits per heavy atom. The first-order valence-corrected chi connectivity index (χ1v) is 7.26. The van der Waals surface area contributed by atoms with Crippen molar-refractivity contribution in [1.82, 2.24) is 5.32 Å². The van der Waals surface area contributed by atoms with Crippen molar-refractivity contribution in [2.45, 2.75) is 13.0 Å². The fourth-order valence-electron chi connectivity index (χ4n) is 1.93. The predicted molar refractivity (Wildman–Crippen MR) is 85.9 cm³/mol. The Morgan fingerprint density at radius 2 is 2.00 bits per heavy atom. The summed E-state index contributed by atoms with van der Waals surface area (Å²) in [5.74, 6) is -0.230. The molecule has 0 radical (unpaired) electrons. The zero-order valence-electron chi connectivity index (χ0n) is 10.9. The number of carbonyl (C=O) groups is 1. The zero-order chi connectivity index (χ0) is 14.7. The van der Waals surface area contributed by atoms with Crippen LogP contribution < -0.4 is 11.1 Å². The number of nitrogens with two attached hydrogens (primary N) is 1. The number of amides is 1. The first-order valence-electron chi connectivity index (χ1n) is 6.09. The maximum atomic E-state index is 12.3. The smallest absolute Gasteiger partial charge is 0.253 e. The van der Waals surface area contributed by atoms with Gasteiger partial charge in [-0.3, -0.25) is 4.79 Å². The average molecular weight is 354 g/mol. The minimum Gasteiger partial charge on any atom is -0.398 e. The van der Waals surface area contributed by atoms with Crippen molar-refractivity contribution >= 4 is 39.1 Å². The molecule has 0 fully saturated rings. The van der Waals surface area contributed by atoms with Crippen molar-refractivity contribution in [3.63, 3.8) is 0 Å². The second kappa shape index (κ2) is 6.29. The number of benzene rings is 2. The normalized spacial score (nSPS) is 11.9. The lowest BCUT2D eigenvalue weighted by Gasteiger charge is -2.16. The number of carbonyl (C=O) groups excluding carboxylic acids is 1. The van der Waals surface area contributed by atoms with E-state index in [1.165, 1.54) is 0 Å². The number of para-hydroxylation sites is 1. The summed E-state index contributed by atoms with van der Waals surface area (Å²) >= 11 is 9.37. The van der Waals surface area contributed by atoms with Gasteiger partial charge in [0.25, 0.3) is 5.91 Å². The molecule has 0 aromatic heterocycles. The van der Waals surface area contributed by atoms with E-state index in [0.29, 0.717) is 16.3 Å². The van der Waals surface area contributed by atoms with Crippen LogP contribution in [0.5, 0.6) is 0 Å². The summed E-state index contributed by atoms with van der Waals surface area (Å²) in [4.78, 5) is 12.3. The van der Waals surface area contributed by atoms with E-state index < -0.39 is 0 Å². The second-order valence-electron chi connectivity index (χ2n) is 4.45. The fourth-order valence-corrected chi connectivity index (χ4v) is 2.49. The third-order valence-electron chi connectivity index (χ3n) is 2.98. The molecule has 2 aromatic rings. The number of nitrogens with one attached hydrogen (secondary N) is 1. The first-order chi connectivity index (χ1) is 9.49. The SMILES string of the molecule is CC(NC(=O)c1cc(Br)ccc1Cl)c1ccccc1N. The maximum Gasteiger partial charge on any atom is 0.253 e. The van der Waals surface area contributed by atoms with Crippen LogP contribution in [-0.2, 0) is 0 Å². The van der Waals surface area contributed by atoms with Crippen LogP contribution in [0.4, 0.5) is 5.69 Å². The van der Waals surface area contributed by atoms with Gasteiger partial charge in [-0.2, -0.15) is 0 Å². The lowest BCUT2D eigenvalue weighted by Crippen LogP contribution is -2.27. The Hall–Kier alpha value is -1.52. The Bertz CT molecular complexity index is 646. The Morgan fingerprint density at radius 3 is 2.70 bits per heavy atom. The quantitative estimate of drug-likeness (QED) is 0.813. The van der Waals surface area contributed by atoms with E-state index in [1.807, 2.05) is 31.2 Å². The first kappa shape index (κ1) is 14.9. The van der Waals surface area contributed by atoms with Crippen molar-refractivity contribution in [2.24, 2.45) is 0 Å². The summed E-state index contributed by atoms with van der Waals surface area (Å²) in [6.45, 7) is 1.88. The highest BCUT2D eigenvalue weighted by atomic mass is 79.9. The molecule has 0 saturated carbocycles. The van der Waals surface area contributed by atoms with Gasteiger partial charge in [0.2, 0.25) is 0 Å². The van der Waals surface area contributed by atoms with Crippen LogP contribution >= 0.6 is 27.5 Å². The van der Waals surface area contributed by atoms with Gasteiger partial charge in [0.1, 0.15) is 0 Å². The molecule has 0 bridgehead atoms. The molecule has 0 heterocycles. The summed E-state index contributed by atoms with van der Waals surface area (Å²) in [6.07, 6.45) is 0. The molecule has 5 heteroatoms. The third kappa shape index (κ3) is 3.32. The van der Waals surface area contributed by atoms with E-state index >= 15 is 0 Å². The van der Waals surface area contributed by atoms with Gasteiger partial charge in [-0.15, -0.1) is 0 Å². The molecule has 1 atom stereocenters. The van der Waals surface area contributed by atoms with Crippen LogP contribution in [0.25, 0.3) is 0 Å². The summed E-state index contributed by atoms with van der Waals surface area (Å²) in [7, 11) is 0.